The zero-order chi connectivity index (χ0) is 14.1. The molecule has 0 spiro atoms. The average molecular weight is 283 g/mol. The van der Waals surface area contributed by atoms with E-state index in [4.69, 9.17) is 4.42 Å². The van der Waals surface area contributed by atoms with Crippen LogP contribution in [0.3, 0.4) is 0 Å². The fourth-order valence-electron chi connectivity index (χ4n) is 1.45. The van der Waals surface area contributed by atoms with Gasteiger partial charge in [-0.2, -0.15) is 0 Å². The van der Waals surface area contributed by atoms with Crippen molar-refractivity contribution in [1.29, 1.82) is 0 Å². The molecular formula is C14H21NO3S. The van der Waals surface area contributed by atoms with Crippen molar-refractivity contribution in [2.45, 2.75) is 38.0 Å². The Bertz CT molecular complexity index is 397. The van der Waals surface area contributed by atoms with E-state index in [1.807, 2.05) is 26.0 Å². The molecule has 0 unspecified atom stereocenters. The number of carbonyl (C=O) groups excluding carboxylic acids is 1. The molecule has 1 rings (SSSR count). The molecule has 1 aromatic rings. The van der Waals surface area contributed by atoms with Crippen LogP contribution in [0.15, 0.2) is 34.3 Å². The Morgan fingerprint density at radius 2 is 2.26 bits per heavy atom. The lowest BCUT2D eigenvalue weighted by Crippen LogP contribution is -2.41. The van der Waals surface area contributed by atoms with Crippen molar-refractivity contribution in [1.82, 2.24) is 5.32 Å². The van der Waals surface area contributed by atoms with Crippen molar-refractivity contribution in [2.24, 2.45) is 0 Å². The van der Waals surface area contributed by atoms with E-state index < -0.39 is 5.60 Å². The molecule has 0 aliphatic carbocycles. The summed E-state index contributed by atoms with van der Waals surface area (Å²) < 4.78 is 5.17. The Morgan fingerprint density at radius 3 is 2.84 bits per heavy atom. The molecule has 1 amide bonds. The number of furan rings is 1. The number of hydrogen-bond donors (Lipinski definition) is 2. The van der Waals surface area contributed by atoms with Crippen molar-refractivity contribution in [3.63, 3.8) is 0 Å². The molecule has 1 heterocycles. The fourth-order valence-corrected chi connectivity index (χ4v) is 2.09. The molecule has 0 saturated carbocycles. The normalized spacial score (nSPS) is 11.9. The van der Waals surface area contributed by atoms with Gasteiger partial charge in [-0.15, -0.1) is 11.8 Å². The Labute approximate surface area is 118 Å². The first kappa shape index (κ1) is 15.9. The van der Waals surface area contributed by atoms with Crippen LogP contribution in [0.2, 0.25) is 0 Å². The topological polar surface area (TPSA) is 62.5 Å². The molecule has 0 bridgehead atoms. The third kappa shape index (κ3) is 5.98. The Hall–Kier alpha value is -1.20. The number of amides is 1. The number of hydrogen-bond acceptors (Lipinski definition) is 4. The summed E-state index contributed by atoms with van der Waals surface area (Å²) in [6.07, 6.45) is 4.35. The van der Waals surface area contributed by atoms with E-state index in [2.05, 4.69) is 5.32 Å². The molecule has 0 atom stereocenters. The van der Waals surface area contributed by atoms with Crippen molar-refractivity contribution >= 4 is 17.7 Å². The van der Waals surface area contributed by atoms with Crippen LogP contribution in [-0.4, -0.2) is 23.2 Å². The maximum absolute atomic E-state index is 11.5. The van der Waals surface area contributed by atoms with Gasteiger partial charge in [0.15, 0.2) is 0 Å². The highest BCUT2D eigenvalue weighted by atomic mass is 32.2. The van der Waals surface area contributed by atoms with E-state index in [-0.39, 0.29) is 12.5 Å². The first-order valence-electron chi connectivity index (χ1n) is 6.40. The van der Waals surface area contributed by atoms with Gasteiger partial charge in [0.05, 0.1) is 17.6 Å². The minimum absolute atomic E-state index is 0.188. The van der Waals surface area contributed by atoms with E-state index >= 15 is 0 Å². The van der Waals surface area contributed by atoms with Crippen molar-refractivity contribution in [3.8, 4) is 0 Å². The van der Waals surface area contributed by atoms with E-state index in [9.17, 15) is 9.90 Å². The summed E-state index contributed by atoms with van der Waals surface area (Å²) in [5.41, 5.74) is -0.801. The first-order chi connectivity index (χ1) is 9.09. The quantitative estimate of drug-likeness (QED) is 0.720. The van der Waals surface area contributed by atoms with Gasteiger partial charge < -0.3 is 14.8 Å². The minimum atomic E-state index is -0.801. The molecule has 0 aliphatic heterocycles. The molecule has 1 aromatic heterocycles. The second-order valence-corrected chi connectivity index (χ2v) is 5.24. The maximum Gasteiger partial charge on any atom is 0.244 e. The van der Waals surface area contributed by atoms with Gasteiger partial charge in [0, 0.05) is 12.6 Å². The highest BCUT2D eigenvalue weighted by molar-refractivity contribution is 8.01. The van der Waals surface area contributed by atoms with E-state index in [1.54, 1.807) is 11.7 Å². The van der Waals surface area contributed by atoms with Crippen LogP contribution in [0.4, 0.5) is 0 Å². The van der Waals surface area contributed by atoms with Gasteiger partial charge in [-0.05, 0) is 30.4 Å². The third-order valence-electron chi connectivity index (χ3n) is 3.03. The SMILES string of the molecule is CCC(O)(CC)CNC(=O)C=CSCc1ccco1. The Morgan fingerprint density at radius 1 is 1.53 bits per heavy atom. The monoisotopic (exact) mass is 283 g/mol. The summed E-state index contributed by atoms with van der Waals surface area (Å²) >= 11 is 1.49. The third-order valence-corrected chi connectivity index (χ3v) is 3.81. The van der Waals surface area contributed by atoms with Crippen LogP contribution < -0.4 is 5.32 Å². The van der Waals surface area contributed by atoms with Crippen LogP contribution in [0.5, 0.6) is 0 Å². The molecule has 0 radical (unpaired) electrons. The molecule has 0 fully saturated rings. The second-order valence-electron chi connectivity index (χ2n) is 4.34. The standard InChI is InChI=1S/C14H21NO3S/c1-3-14(17,4-2)11-15-13(16)7-9-19-10-12-6-5-8-18-12/h5-9,17H,3-4,10-11H2,1-2H3,(H,15,16). The van der Waals surface area contributed by atoms with Crippen molar-refractivity contribution in [3.05, 3.63) is 35.6 Å². The van der Waals surface area contributed by atoms with Crippen molar-refractivity contribution in [2.75, 3.05) is 6.54 Å². The lowest BCUT2D eigenvalue weighted by molar-refractivity contribution is -0.117. The molecule has 106 valence electrons. The largest absolute Gasteiger partial charge is 0.468 e. The zero-order valence-corrected chi connectivity index (χ0v) is 12.2. The van der Waals surface area contributed by atoms with Gasteiger partial charge >= 0.3 is 0 Å². The summed E-state index contributed by atoms with van der Waals surface area (Å²) in [5.74, 6) is 1.39. The first-order valence-corrected chi connectivity index (χ1v) is 7.45. The molecule has 2 N–H and O–H groups in total. The Balaban J connectivity index is 2.23. The average Bonchev–Trinajstić information content (AvgIpc) is 2.94. The van der Waals surface area contributed by atoms with Crippen LogP contribution in [0.25, 0.3) is 0 Å². The lowest BCUT2D eigenvalue weighted by Gasteiger charge is -2.24. The van der Waals surface area contributed by atoms with Gasteiger partial charge in [0.1, 0.15) is 5.76 Å². The van der Waals surface area contributed by atoms with Gasteiger partial charge in [-0.1, -0.05) is 13.8 Å². The summed E-state index contributed by atoms with van der Waals surface area (Å²) in [4.78, 5) is 11.5. The fraction of sp³-hybridized carbons (Fsp3) is 0.500. The number of rotatable bonds is 8. The number of aliphatic hydroxyl groups is 1. The molecule has 0 aliphatic rings. The smallest absolute Gasteiger partial charge is 0.244 e. The summed E-state index contributed by atoms with van der Waals surface area (Å²) in [6.45, 7) is 4.10. The Kier molecular flexibility index (Phi) is 6.73. The van der Waals surface area contributed by atoms with Crippen LogP contribution in [0.1, 0.15) is 32.4 Å². The van der Waals surface area contributed by atoms with Crippen LogP contribution >= 0.6 is 11.8 Å². The van der Waals surface area contributed by atoms with Gasteiger partial charge in [-0.3, -0.25) is 4.79 Å². The van der Waals surface area contributed by atoms with Gasteiger partial charge in [0.25, 0.3) is 0 Å². The second kappa shape index (κ2) is 8.07. The minimum Gasteiger partial charge on any atom is -0.468 e. The molecule has 5 heteroatoms. The van der Waals surface area contributed by atoms with Crippen LogP contribution in [-0.2, 0) is 10.5 Å². The summed E-state index contributed by atoms with van der Waals surface area (Å²) in [6, 6.07) is 3.73. The highest BCUT2D eigenvalue weighted by Gasteiger charge is 2.22. The van der Waals surface area contributed by atoms with E-state index in [1.165, 1.54) is 17.8 Å². The maximum atomic E-state index is 11.5. The number of nitrogens with one attached hydrogen (secondary N) is 1. The number of thioether (sulfide) groups is 1. The lowest BCUT2D eigenvalue weighted by atomic mass is 9.98. The molecule has 0 aromatic carbocycles. The summed E-state index contributed by atoms with van der Waals surface area (Å²) in [5, 5.41) is 14.5. The van der Waals surface area contributed by atoms with E-state index in [0.717, 1.165) is 5.76 Å². The molecule has 4 nitrogen and oxygen atoms in total. The molecular weight excluding hydrogens is 262 g/mol. The van der Waals surface area contributed by atoms with Crippen molar-refractivity contribution < 1.29 is 14.3 Å². The van der Waals surface area contributed by atoms with Gasteiger partial charge in [0.2, 0.25) is 5.91 Å². The van der Waals surface area contributed by atoms with E-state index in [0.29, 0.717) is 18.6 Å². The van der Waals surface area contributed by atoms with Gasteiger partial charge in [-0.25, -0.2) is 0 Å². The van der Waals surface area contributed by atoms with Crippen LogP contribution in [0, 0.1) is 0 Å². The number of carbonyl (C=O) groups is 1. The highest BCUT2D eigenvalue weighted by Crippen LogP contribution is 2.14. The molecule has 0 saturated heterocycles. The predicted octanol–water partition coefficient (Wildman–Crippen LogP) is 2.69. The predicted molar refractivity (Wildman–Crippen MR) is 77.7 cm³/mol. The molecule has 19 heavy (non-hydrogen) atoms. The summed E-state index contributed by atoms with van der Waals surface area (Å²) in [7, 11) is 0. The zero-order valence-electron chi connectivity index (χ0n) is 11.4.